The zero-order valence-electron chi connectivity index (χ0n) is 5.56. The van der Waals surface area contributed by atoms with Crippen LogP contribution in [-0.2, 0) is 4.79 Å². The van der Waals surface area contributed by atoms with Gasteiger partial charge in [0.25, 0.3) is 0 Å². The monoisotopic (exact) mass is 252 g/mol. The molecule has 1 aliphatic carbocycles. The molecule has 1 saturated carbocycles. The Labute approximate surface area is 73.5 Å². The Balaban J connectivity index is 2.65. The fourth-order valence-electron chi connectivity index (χ4n) is 1.21. The zero-order chi connectivity index (χ0) is 7.78. The van der Waals surface area contributed by atoms with Crippen molar-refractivity contribution in [2.24, 2.45) is 5.41 Å². The van der Waals surface area contributed by atoms with Gasteiger partial charge in [-0.05, 0) is 12.8 Å². The molecule has 0 aliphatic heterocycles. The van der Waals surface area contributed by atoms with Crippen LogP contribution in [0.5, 0.6) is 0 Å². The lowest BCUT2D eigenvalue weighted by molar-refractivity contribution is -0.149. The number of allylic oxidation sites excluding steroid dienone is 1. The van der Waals surface area contributed by atoms with Crippen molar-refractivity contribution in [3.63, 3.8) is 0 Å². The van der Waals surface area contributed by atoms with Crippen LogP contribution < -0.4 is 0 Å². The number of carboxylic acid groups (broad SMARTS) is 1. The first-order valence-corrected chi connectivity index (χ1v) is 4.59. The van der Waals surface area contributed by atoms with Gasteiger partial charge in [0.2, 0.25) is 0 Å². The fourth-order valence-corrected chi connectivity index (χ4v) is 2.07. The molecule has 10 heavy (non-hydrogen) atoms. The third-order valence-electron chi connectivity index (χ3n) is 1.89. The van der Waals surface area contributed by atoms with Gasteiger partial charge in [0.15, 0.2) is 0 Å². The molecule has 0 heterocycles. The van der Waals surface area contributed by atoms with Gasteiger partial charge in [-0.25, -0.2) is 0 Å². The highest BCUT2D eigenvalue weighted by atomic mass is 127. The van der Waals surface area contributed by atoms with Crippen LogP contribution >= 0.6 is 22.6 Å². The lowest BCUT2D eigenvalue weighted by Gasteiger charge is -2.37. The van der Waals surface area contributed by atoms with Crippen LogP contribution in [0.25, 0.3) is 0 Å². The third-order valence-corrected chi connectivity index (χ3v) is 3.35. The van der Waals surface area contributed by atoms with Crippen molar-refractivity contribution in [1.29, 1.82) is 0 Å². The van der Waals surface area contributed by atoms with Crippen molar-refractivity contribution in [2.45, 2.75) is 12.8 Å². The summed E-state index contributed by atoms with van der Waals surface area (Å²) >= 11 is 2.12. The first-order valence-electron chi connectivity index (χ1n) is 3.07. The van der Waals surface area contributed by atoms with Crippen molar-refractivity contribution in [2.75, 3.05) is 4.43 Å². The second kappa shape index (κ2) is 2.53. The molecular formula is C7H9IO2. The number of halogens is 1. The van der Waals surface area contributed by atoms with Crippen molar-refractivity contribution in [3.8, 4) is 0 Å². The highest BCUT2D eigenvalue weighted by Crippen LogP contribution is 2.45. The van der Waals surface area contributed by atoms with Crippen molar-refractivity contribution < 1.29 is 9.90 Å². The molecule has 0 amide bonds. The van der Waals surface area contributed by atoms with Crippen molar-refractivity contribution in [1.82, 2.24) is 0 Å². The van der Waals surface area contributed by atoms with Crippen LogP contribution in [0.4, 0.5) is 0 Å². The Hall–Kier alpha value is -0.0600. The summed E-state index contributed by atoms with van der Waals surface area (Å²) in [6.45, 7) is 3.72. The van der Waals surface area contributed by atoms with E-state index >= 15 is 0 Å². The number of rotatable bonds is 2. The molecule has 1 aliphatic rings. The Morgan fingerprint density at radius 2 is 2.30 bits per heavy atom. The van der Waals surface area contributed by atoms with Crippen LogP contribution in [0.1, 0.15) is 12.8 Å². The molecule has 1 rings (SSSR count). The maximum Gasteiger partial charge on any atom is 0.311 e. The highest BCUT2D eigenvalue weighted by molar-refractivity contribution is 14.1. The van der Waals surface area contributed by atoms with Crippen LogP contribution in [-0.4, -0.2) is 15.5 Å². The molecule has 3 heteroatoms. The fraction of sp³-hybridized carbons (Fsp3) is 0.571. The van der Waals surface area contributed by atoms with Crippen LogP contribution in [0.15, 0.2) is 12.2 Å². The lowest BCUT2D eigenvalue weighted by atomic mass is 9.67. The summed E-state index contributed by atoms with van der Waals surface area (Å²) in [5, 5.41) is 8.76. The first-order chi connectivity index (χ1) is 4.60. The van der Waals surface area contributed by atoms with E-state index in [9.17, 15) is 4.79 Å². The second-order valence-corrected chi connectivity index (χ2v) is 3.59. The molecule has 0 bridgehead atoms. The highest BCUT2D eigenvalue weighted by Gasteiger charge is 2.45. The minimum Gasteiger partial charge on any atom is -0.481 e. The second-order valence-electron chi connectivity index (χ2n) is 2.82. The van der Waals surface area contributed by atoms with Crippen LogP contribution in [0, 0.1) is 5.41 Å². The molecule has 1 fully saturated rings. The van der Waals surface area contributed by atoms with Gasteiger partial charge in [-0.2, -0.15) is 0 Å². The third kappa shape index (κ3) is 1.07. The number of hydrogen-bond acceptors (Lipinski definition) is 1. The normalized spacial score (nSPS) is 21.9. The van der Waals surface area contributed by atoms with E-state index < -0.39 is 11.4 Å². The summed E-state index contributed by atoms with van der Waals surface area (Å²) in [6, 6.07) is 0. The molecule has 56 valence electrons. The summed E-state index contributed by atoms with van der Waals surface area (Å²) in [7, 11) is 0. The zero-order valence-corrected chi connectivity index (χ0v) is 7.72. The number of carbonyl (C=O) groups is 1. The van der Waals surface area contributed by atoms with E-state index in [1.165, 1.54) is 0 Å². The average molecular weight is 252 g/mol. The maximum atomic E-state index is 10.6. The quantitative estimate of drug-likeness (QED) is 0.462. The topological polar surface area (TPSA) is 37.3 Å². The standard InChI is InChI=1S/C7H9IO2/c1-5-2-7(3-5,4-8)6(9)10/h1-4H2,(H,9,10). The molecule has 0 spiro atoms. The molecule has 0 unspecified atom stereocenters. The van der Waals surface area contributed by atoms with Gasteiger partial charge in [-0.1, -0.05) is 34.7 Å². The lowest BCUT2D eigenvalue weighted by Crippen LogP contribution is -2.40. The summed E-state index contributed by atoms with van der Waals surface area (Å²) in [4.78, 5) is 10.6. The van der Waals surface area contributed by atoms with Gasteiger partial charge < -0.3 is 5.11 Å². The molecule has 0 saturated heterocycles. The van der Waals surface area contributed by atoms with E-state index in [0.29, 0.717) is 17.3 Å². The van der Waals surface area contributed by atoms with Gasteiger partial charge in [-0.15, -0.1) is 0 Å². The Morgan fingerprint density at radius 3 is 2.40 bits per heavy atom. The van der Waals surface area contributed by atoms with Gasteiger partial charge in [-0.3, -0.25) is 4.79 Å². The van der Waals surface area contributed by atoms with E-state index in [0.717, 1.165) is 5.57 Å². The predicted molar refractivity (Wildman–Crippen MR) is 47.3 cm³/mol. The molecule has 0 aromatic rings. The molecule has 2 nitrogen and oxygen atoms in total. The largest absolute Gasteiger partial charge is 0.481 e. The maximum absolute atomic E-state index is 10.6. The summed E-state index contributed by atoms with van der Waals surface area (Å²) < 4.78 is 0.694. The number of aliphatic carboxylic acids is 1. The number of carboxylic acids is 1. The van der Waals surface area contributed by atoms with Crippen molar-refractivity contribution >= 4 is 28.6 Å². The molecule has 0 atom stereocenters. The van der Waals surface area contributed by atoms with E-state index in [1.807, 2.05) is 0 Å². The Kier molecular flexibility index (Phi) is 2.03. The van der Waals surface area contributed by atoms with Gasteiger partial charge in [0, 0.05) is 4.43 Å². The van der Waals surface area contributed by atoms with Gasteiger partial charge in [0.1, 0.15) is 0 Å². The minimum absolute atomic E-state index is 0.461. The SMILES string of the molecule is C=C1CC(CI)(C(=O)O)C1. The first kappa shape index (κ1) is 8.04. The van der Waals surface area contributed by atoms with E-state index in [-0.39, 0.29) is 0 Å². The summed E-state index contributed by atoms with van der Waals surface area (Å²) in [5.74, 6) is -0.672. The predicted octanol–water partition coefficient (Wildman–Crippen LogP) is 1.84. The number of hydrogen-bond donors (Lipinski definition) is 1. The summed E-state index contributed by atoms with van der Waals surface area (Å²) in [6.07, 6.45) is 1.34. The van der Waals surface area contributed by atoms with Gasteiger partial charge in [0.05, 0.1) is 5.41 Å². The smallest absolute Gasteiger partial charge is 0.311 e. The molecule has 0 aromatic carbocycles. The Morgan fingerprint density at radius 1 is 1.80 bits per heavy atom. The number of alkyl halides is 1. The van der Waals surface area contributed by atoms with Gasteiger partial charge >= 0.3 is 5.97 Å². The minimum atomic E-state index is -0.672. The van der Waals surface area contributed by atoms with E-state index in [2.05, 4.69) is 29.2 Å². The van der Waals surface area contributed by atoms with Crippen LogP contribution in [0.3, 0.4) is 0 Å². The molecule has 1 N–H and O–H groups in total. The average Bonchev–Trinajstić information content (AvgIpc) is 1.79. The molecular weight excluding hydrogens is 243 g/mol. The van der Waals surface area contributed by atoms with E-state index in [4.69, 9.17) is 5.11 Å². The molecule has 0 aromatic heterocycles. The molecule has 0 radical (unpaired) electrons. The van der Waals surface area contributed by atoms with Crippen LogP contribution in [0.2, 0.25) is 0 Å². The van der Waals surface area contributed by atoms with E-state index in [1.54, 1.807) is 0 Å². The summed E-state index contributed by atoms with van der Waals surface area (Å²) in [5.41, 5.74) is 0.608. The Bertz CT molecular complexity index is 178. The van der Waals surface area contributed by atoms with Crippen molar-refractivity contribution in [3.05, 3.63) is 12.2 Å².